The number of carbonyl (C=O) groups is 5. The van der Waals surface area contributed by atoms with E-state index in [1.54, 1.807) is 0 Å². The number of anilines is 4. The Labute approximate surface area is 503 Å². The number of unbranched alkanes of at least 4 members (excludes halogenated alkanes) is 1. The van der Waals surface area contributed by atoms with Crippen LogP contribution in [0.1, 0.15) is 82.8 Å². The summed E-state index contributed by atoms with van der Waals surface area (Å²) in [5.41, 5.74) is 42.7. The van der Waals surface area contributed by atoms with E-state index < -0.39 is 70.0 Å². The molecule has 33 heteroatoms. The first kappa shape index (κ1) is 64.0. The average Bonchev–Trinajstić information content (AvgIpc) is 1.95. The van der Waals surface area contributed by atoms with Crippen LogP contribution in [0.25, 0.3) is 43.9 Å². The predicted molar refractivity (Wildman–Crippen MR) is 333 cm³/mol. The summed E-state index contributed by atoms with van der Waals surface area (Å²) in [6.45, 7) is 2.47. The molecule has 4 aromatic carbocycles. The lowest BCUT2D eigenvalue weighted by Crippen LogP contribution is -2.41. The van der Waals surface area contributed by atoms with Crippen LogP contribution >= 0.6 is 0 Å². The van der Waals surface area contributed by atoms with E-state index in [0.29, 0.717) is 19.4 Å². The summed E-state index contributed by atoms with van der Waals surface area (Å²) in [6.07, 6.45) is 1.91. The molecule has 0 unspecified atom stereocenters. The molecule has 0 bridgehead atoms. The number of amides is 5. The topological polar surface area (TPSA) is 531 Å². The van der Waals surface area contributed by atoms with Gasteiger partial charge in [0.2, 0.25) is 11.8 Å². The highest BCUT2D eigenvalue weighted by molar-refractivity contribution is 6.00. The van der Waals surface area contributed by atoms with Gasteiger partial charge in [-0.05, 0) is 138 Å². The summed E-state index contributed by atoms with van der Waals surface area (Å²) >= 11 is 0. The number of benzene rings is 4. The van der Waals surface area contributed by atoms with E-state index in [2.05, 4.69) is 41.6 Å². The molecule has 0 fully saturated rings. The summed E-state index contributed by atoms with van der Waals surface area (Å²) in [5.74, 6) is -3.65. The van der Waals surface area contributed by atoms with E-state index >= 15 is 0 Å². The number of hydrogen-bond donors (Lipinski definition) is 13. The zero-order chi connectivity index (χ0) is 64.1. The molecule has 4 aromatic heterocycles. The Hall–Kier alpha value is -11.0. The molecule has 4 atom stereocenters. The van der Waals surface area contributed by atoms with E-state index in [1.807, 2.05) is 0 Å². The first-order chi connectivity index (χ1) is 42.6. The van der Waals surface area contributed by atoms with Gasteiger partial charge in [-0.1, -0.05) is 0 Å². The van der Waals surface area contributed by atoms with Gasteiger partial charge in [0.15, 0.2) is 40.2 Å². The Bertz CT molecular complexity index is 4260. The quantitative estimate of drug-likeness (QED) is 0.0166. The standard InChI is InChI=1S/C56H70N20O13/c1-29(68-45(77)10-2-3-19-57)46(78)69-30-12-16-42-35(26-30)51(83)74(87-42)39(8-5-22-66-55(61)62)48(80)71-32-14-18-44-37(28-32)53(85)76(89-44)40(9-6-23-67-56(63)64)49(81)72-33-13-17-43-36(27-33)52(84)75(88-43)38(7-4-21-65-54(59)60)47(79)70-31-11-15-41-34(25-31)50(82)73(86-41)24-20-58/h11-18,25-29,38-40H,2-10,19-24,57-58H2,1H3,(H,68,77)(H,69,78)(H,70,79)(H,71,80)(H,72,81)(H4,59,60,65)(H4,61,62,66)(H4,63,64,67)/t29-,38-,39-,40-/m1/s1. The number of nitrogens with two attached hydrogens (primary N) is 8. The molecular weight excluding hydrogens is 1160 g/mol. The number of aromatic nitrogens is 4. The third-order valence-corrected chi connectivity index (χ3v) is 14.0. The number of guanidine groups is 3. The molecule has 0 aliphatic carbocycles. The van der Waals surface area contributed by atoms with Gasteiger partial charge in [-0.2, -0.15) is 19.0 Å². The van der Waals surface area contributed by atoms with Crippen LogP contribution in [0.3, 0.4) is 0 Å². The fraction of sp³-hybridized carbons (Fsp3) is 0.357. The highest BCUT2D eigenvalue weighted by Gasteiger charge is 2.31. The van der Waals surface area contributed by atoms with E-state index in [9.17, 15) is 43.2 Å². The minimum absolute atomic E-state index is 0.00443. The molecule has 0 aliphatic heterocycles. The van der Waals surface area contributed by atoms with Crippen molar-refractivity contribution in [2.45, 2.75) is 95.4 Å². The summed E-state index contributed by atoms with van der Waals surface area (Å²) in [7, 11) is 0. The molecule has 8 rings (SSSR count). The third kappa shape index (κ3) is 15.7. The maximum Gasteiger partial charge on any atom is 0.291 e. The molecule has 0 aliphatic rings. The van der Waals surface area contributed by atoms with Gasteiger partial charge in [-0.15, -0.1) is 0 Å². The van der Waals surface area contributed by atoms with E-state index in [0.717, 1.165) is 19.0 Å². The van der Waals surface area contributed by atoms with Crippen LogP contribution in [-0.2, 0) is 30.5 Å². The van der Waals surface area contributed by atoms with Crippen molar-refractivity contribution in [1.29, 1.82) is 0 Å². The zero-order valence-electron chi connectivity index (χ0n) is 48.4. The van der Waals surface area contributed by atoms with Crippen LogP contribution in [0.2, 0.25) is 0 Å². The molecule has 8 aromatic rings. The number of nitrogens with zero attached hydrogens (tertiary/aromatic N) is 7. The maximum absolute atomic E-state index is 14.4. The largest absolute Gasteiger partial charge is 0.376 e. The molecule has 472 valence electrons. The van der Waals surface area contributed by atoms with Crippen molar-refractivity contribution in [1.82, 2.24) is 24.3 Å². The number of carbonyl (C=O) groups excluding carboxylic acids is 5. The van der Waals surface area contributed by atoms with Gasteiger partial charge in [0.1, 0.15) is 24.2 Å². The highest BCUT2D eigenvalue weighted by Crippen LogP contribution is 2.28. The highest BCUT2D eigenvalue weighted by atomic mass is 16.5. The van der Waals surface area contributed by atoms with Crippen molar-refractivity contribution in [3.05, 3.63) is 114 Å². The summed E-state index contributed by atoms with van der Waals surface area (Å²) in [6, 6.07) is 12.2. The molecule has 89 heavy (non-hydrogen) atoms. The van der Waals surface area contributed by atoms with Crippen molar-refractivity contribution < 1.29 is 42.1 Å². The van der Waals surface area contributed by atoms with E-state index in [4.69, 9.17) is 64.0 Å². The SMILES string of the molecule is C[C@@H](NC(=O)CCCCN)C(=O)Nc1ccc2on([C@H](CCCN=C(N)N)C(=O)Nc3ccc4on([C@H](CCCN=C(N)N)C(=O)Nc5ccc6on([C@H](CCCN=C(N)N)C(=O)Nc7ccc8on(CCN)c(=O)c8c7)c(=O)c6c5)c(=O)c4c3)c(=O)c2c1. The van der Waals surface area contributed by atoms with Crippen LogP contribution in [0.5, 0.6) is 0 Å². The number of fused-ring (bicyclic) bond motifs is 4. The Morgan fingerprint density at radius 3 is 1.12 bits per heavy atom. The van der Waals surface area contributed by atoms with Crippen LogP contribution in [0, 0.1) is 0 Å². The van der Waals surface area contributed by atoms with Crippen molar-refractivity contribution in [3.63, 3.8) is 0 Å². The zero-order valence-corrected chi connectivity index (χ0v) is 48.4. The smallest absolute Gasteiger partial charge is 0.291 e. The van der Waals surface area contributed by atoms with E-state index in [-0.39, 0.29) is 168 Å². The molecule has 5 amide bonds. The van der Waals surface area contributed by atoms with Gasteiger partial charge in [-0.3, -0.25) is 58.1 Å². The second-order valence-electron chi connectivity index (χ2n) is 20.7. The molecule has 21 N–H and O–H groups in total. The van der Waals surface area contributed by atoms with Crippen molar-refractivity contribution in [2.24, 2.45) is 60.8 Å². The number of rotatable bonds is 30. The molecule has 0 saturated heterocycles. The van der Waals surface area contributed by atoms with Gasteiger partial charge >= 0.3 is 0 Å². The average molecular weight is 1230 g/mol. The van der Waals surface area contributed by atoms with Gasteiger partial charge in [-0.25, -0.2) is 0 Å². The second kappa shape index (κ2) is 29.0. The number of hydrogen-bond acceptors (Lipinski definition) is 18. The second-order valence-corrected chi connectivity index (χ2v) is 20.7. The van der Waals surface area contributed by atoms with Crippen LogP contribution in [0.4, 0.5) is 22.7 Å². The summed E-state index contributed by atoms with van der Waals surface area (Å²) < 4.78 is 27.2. The monoisotopic (exact) mass is 1230 g/mol. The third-order valence-electron chi connectivity index (χ3n) is 14.0. The molecule has 0 spiro atoms. The first-order valence-corrected chi connectivity index (χ1v) is 28.3. The van der Waals surface area contributed by atoms with Crippen molar-refractivity contribution >= 4 is 114 Å². The van der Waals surface area contributed by atoms with Crippen LogP contribution < -0.4 is 94.7 Å². The molecule has 4 heterocycles. The minimum Gasteiger partial charge on any atom is -0.376 e. The van der Waals surface area contributed by atoms with Gasteiger partial charge in [0.05, 0.1) is 28.1 Å². The predicted octanol–water partition coefficient (Wildman–Crippen LogP) is 0.549. The maximum atomic E-state index is 14.4. The molecular formula is C56H70N20O13. The Morgan fingerprint density at radius 1 is 0.449 bits per heavy atom. The fourth-order valence-corrected chi connectivity index (χ4v) is 9.67. The van der Waals surface area contributed by atoms with E-state index in [1.165, 1.54) is 79.7 Å². The van der Waals surface area contributed by atoms with Crippen LogP contribution in [-0.4, -0.2) is 105 Å². The Kier molecular flexibility index (Phi) is 20.8. The molecule has 33 nitrogen and oxygen atoms in total. The molecule has 0 radical (unpaired) electrons. The van der Waals surface area contributed by atoms with Crippen molar-refractivity contribution in [3.8, 4) is 0 Å². The minimum atomic E-state index is -1.37. The lowest BCUT2D eigenvalue weighted by molar-refractivity contribution is -0.126. The normalized spacial score (nSPS) is 12.7. The fourth-order valence-electron chi connectivity index (χ4n) is 9.67. The Morgan fingerprint density at radius 2 is 0.787 bits per heavy atom. The van der Waals surface area contributed by atoms with Gasteiger partial charge in [0.25, 0.3) is 40.0 Å². The Balaban J connectivity index is 1.03. The summed E-state index contributed by atoms with van der Waals surface area (Å²) in [5, 5.41) is 13.7. The number of aliphatic imine (C=N–C) groups is 3. The van der Waals surface area contributed by atoms with Gasteiger partial charge < -0.3 is 90.5 Å². The lowest BCUT2D eigenvalue weighted by Gasteiger charge is -2.16. The number of nitrogens with one attached hydrogen (secondary N) is 5. The first-order valence-electron chi connectivity index (χ1n) is 28.3. The van der Waals surface area contributed by atoms with Crippen molar-refractivity contribution in [2.75, 3.05) is 54.0 Å². The van der Waals surface area contributed by atoms with Gasteiger partial charge in [0, 0.05) is 55.3 Å². The van der Waals surface area contributed by atoms with Crippen LogP contribution in [0.15, 0.2) is 125 Å². The molecule has 0 saturated carbocycles. The lowest BCUT2D eigenvalue weighted by atomic mass is 10.1. The summed E-state index contributed by atoms with van der Waals surface area (Å²) in [4.78, 5) is 136.